The number of hydrogen-bond acceptors (Lipinski definition) is 6. The largest absolute Gasteiger partial charge is 0.417 e. The lowest BCUT2D eigenvalue weighted by atomic mass is 9.98. The molecule has 11 nitrogen and oxygen atoms in total. The van der Waals surface area contributed by atoms with Gasteiger partial charge in [0, 0.05) is 41.9 Å². The Hall–Kier alpha value is -5.97. The maximum absolute atomic E-state index is 12.5. The number of fused-ring (bicyclic) bond motifs is 4. The zero-order valence-corrected chi connectivity index (χ0v) is 26.9. The normalized spacial score (nSPS) is 13.5. The highest BCUT2D eigenvalue weighted by Crippen LogP contribution is 2.35. The average Bonchev–Trinajstić information content (AvgIpc) is 3.84. The van der Waals surface area contributed by atoms with E-state index in [-0.39, 0.29) is 23.7 Å². The number of benzene rings is 4. The molecule has 1 aliphatic heterocycles. The summed E-state index contributed by atoms with van der Waals surface area (Å²) in [7, 11) is 1.60. The highest BCUT2D eigenvalue weighted by atomic mass is 16.4. The Morgan fingerprint density at radius 1 is 0.896 bits per heavy atom. The van der Waals surface area contributed by atoms with Crippen molar-refractivity contribution in [1.29, 1.82) is 0 Å². The third kappa shape index (κ3) is 4.77. The second kappa shape index (κ2) is 11.1. The van der Waals surface area contributed by atoms with E-state index in [1.165, 1.54) is 0 Å². The van der Waals surface area contributed by atoms with Gasteiger partial charge >= 0.3 is 5.76 Å². The van der Waals surface area contributed by atoms with Crippen LogP contribution >= 0.6 is 0 Å². The van der Waals surface area contributed by atoms with Gasteiger partial charge in [0.2, 0.25) is 5.91 Å². The van der Waals surface area contributed by atoms with Crippen LogP contribution in [0.25, 0.3) is 44.5 Å². The van der Waals surface area contributed by atoms with Gasteiger partial charge < -0.3 is 15.1 Å². The molecule has 48 heavy (non-hydrogen) atoms. The number of nitrogens with one attached hydrogen (secondary N) is 3. The van der Waals surface area contributed by atoms with Crippen LogP contribution in [0.5, 0.6) is 0 Å². The molecule has 1 unspecified atom stereocenters. The highest BCUT2D eigenvalue weighted by Gasteiger charge is 2.25. The number of anilines is 1. The summed E-state index contributed by atoms with van der Waals surface area (Å²) in [6.07, 6.45) is 0.821. The molecule has 0 bridgehead atoms. The zero-order chi connectivity index (χ0) is 33.3. The molecule has 0 radical (unpaired) electrons. The molecular weight excluding hydrogens is 606 g/mol. The van der Waals surface area contributed by atoms with Crippen LogP contribution in [0.2, 0.25) is 0 Å². The zero-order valence-electron chi connectivity index (χ0n) is 26.9. The maximum Gasteiger partial charge on any atom is 0.417 e. The van der Waals surface area contributed by atoms with Gasteiger partial charge in [-0.2, -0.15) is 0 Å². The Kier molecular flexibility index (Phi) is 6.79. The quantitative estimate of drug-likeness (QED) is 0.192. The van der Waals surface area contributed by atoms with E-state index in [9.17, 15) is 14.4 Å². The van der Waals surface area contributed by atoms with E-state index in [4.69, 9.17) is 14.4 Å². The van der Waals surface area contributed by atoms with Crippen molar-refractivity contribution in [2.24, 2.45) is 0 Å². The van der Waals surface area contributed by atoms with Crippen molar-refractivity contribution in [2.75, 3.05) is 12.4 Å². The second-order valence-corrected chi connectivity index (χ2v) is 12.7. The Morgan fingerprint density at radius 3 is 2.48 bits per heavy atom. The number of H-pyrrole nitrogens is 1. The number of carbonyl (C=O) groups excluding carboxylic acids is 2. The minimum absolute atomic E-state index is 0.0363. The summed E-state index contributed by atoms with van der Waals surface area (Å²) < 4.78 is 9.88. The van der Waals surface area contributed by atoms with E-state index >= 15 is 0 Å². The standard InChI is InChI=1S/C37H33N7O4/c1-19(2)34-40-27-7-5-6-8-29(27)44(34)25-15-23(33-31(18-25)48-37(47)42-33)13-20(3)35-41-28-16-21(36(46)38-4)9-12-30(28)43(35)24-10-11-26-22(14-24)17-32(45)39-26/h5-12,14-16,18-20H,13,17H2,1-4H3,(H,38,46)(H,39,45)(H,42,47). The molecule has 0 saturated heterocycles. The van der Waals surface area contributed by atoms with Gasteiger partial charge in [-0.3, -0.25) is 23.7 Å². The first-order valence-corrected chi connectivity index (χ1v) is 16.0. The van der Waals surface area contributed by atoms with Crippen LogP contribution in [0.3, 0.4) is 0 Å². The number of rotatable bonds is 7. The van der Waals surface area contributed by atoms with Crippen molar-refractivity contribution in [3.05, 3.63) is 112 Å². The molecule has 0 saturated carbocycles. The number of amides is 2. The minimum atomic E-state index is -0.522. The summed E-state index contributed by atoms with van der Waals surface area (Å²) in [5.74, 6) is 0.916. The summed E-state index contributed by atoms with van der Waals surface area (Å²) in [6.45, 7) is 6.32. The molecule has 1 aliphatic rings. The molecular formula is C37H33N7O4. The van der Waals surface area contributed by atoms with Crippen LogP contribution in [-0.4, -0.2) is 42.9 Å². The maximum atomic E-state index is 12.5. The predicted octanol–water partition coefficient (Wildman–Crippen LogP) is 6.12. The topological polar surface area (TPSA) is 140 Å². The number of imidazole rings is 2. The van der Waals surface area contributed by atoms with Crippen molar-refractivity contribution in [3.8, 4) is 11.4 Å². The van der Waals surface area contributed by atoms with Gasteiger partial charge in [0.1, 0.15) is 11.6 Å². The molecule has 4 aromatic carbocycles. The minimum Gasteiger partial charge on any atom is -0.408 e. The molecule has 2 amide bonds. The SMILES string of the molecule is CNC(=O)c1ccc2c(c1)nc(C(C)Cc1cc(-n3c(C(C)C)nc4ccccc43)cc3oc(=O)[nH]c13)n2-c1ccc2c(c1)CC(=O)N2. The van der Waals surface area contributed by atoms with Gasteiger partial charge in [0.15, 0.2) is 5.58 Å². The van der Waals surface area contributed by atoms with Crippen molar-refractivity contribution in [1.82, 2.24) is 29.4 Å². The highest BCUT2D eigenvalue weighted by molar-refractivity contribution is 6.00. The third-order valence-electron chi connectivity index (χ3n) is 9.07. The molecule has 0 spiro atoms. The van der Waals surface area contributed by atoms with Gasteiger partial charge in [-0.05, 0) is 72.1 Å². The van der Waals surface area contributed by atoms with Crippen molar-refractivity contribution >= 4 is 50.7 Å². The van der Waals surface area contributed by atoms with Gasteiger partial charge in [-0.25, -0.2) is 14.8 Å². The number of aromatic nitrogens is 5. The fraction of sp³-hybridized carbons (Fsp3) is 0.216. The van der Waals surface area contributed by atoms with E-state index in [1.807, 2.05) is 54.6 Å². The van der Waals surface area contributed by atoms with Crippen molar-refractivity contribution in [2.45, 2.75) is 45.4 Å². The van der Waals surface area contributed by atoms with Gasteiger partial charge in [0.25, 0.3) is 5.91 Å². The van der Waals surface area contributed by atoms with Gasteiger partial charge in [0.05, 0.1) is 39.7 Å². The Labute approximate surface area is 274 Å². The number of oxazole rings is 1. The molecule has 8 rings (SSSR count). The van der Waals surface area contributed by atoms with Gasteiger partial charge in [-0.15, -0.1) is 0 Å². The average molecular weight is 640 g/mol. The van der Waals surface area contributed by atoms with Crippen molar-refractivity contribution < 1.29 is 14.0 Å². The molecule has 3 N–H and O–H groups in total. The van der Waals surface area contributed by atoms with Gasteiger partial charge in [-0.1, -0.05) is 32.9 Å². The molecule has 7 aromatic rings. The molecule has 4 heterocycles. The number of nitrogens with zero attached hydrogens (tertiary/aromatic N) is 4. The monoisotopic (exact) mass is 639 g/mol. The Morgan fingerprint density at radius 2 is 1.67 bits per heavy atom. The number of carbonyl (C=O) groups is 2. The molecule has 11 heteroatoms. The smallest absolute Gasteiger partial charge is 0.408 e. The van der Waals surface area contributed by atoms with Crippen LogP contribution in [0.4, 0.5) is 5.69 Å². The summed E-state index contributed by atoms with van der Waals surface area (Å²) in [4.78, 5) is 50.2. The molecule has 3 aromatic heterocycles. The number of para-hydroxylation sites is 2. The molecule has 0 fully saturated rings. The van der Waals surface area contributed by atoms with E-state index < -0.39 is 5.76 Å². The van der Waals surface area contributed by atoms with Crippen LogP contribution < -0.4 is 16.4 Å². The van der Waals surface area contributed by atoms with Crippen molar-refractivity contribution in [3.63, 3.8) is 0 Å². The summed E-state index contributed by atoms with van der Waals surface area (Å²) in [5.41, 5.74) is 9.31. The third-order valence-corrected chi connectivity index (χ3v) is 9.07. The Bertz CT molecular complexity index is 2500. The first-order valence-electron chi connectivity index (χ1n) is 16.0. The van der Waals surface area contributed by atoms with E-state index in [1.54, 1.807) is 19.2 Å². The predicted molar refractivity (Wildman–Crippen MR) is 184 cm³/mol. The second-order valence-electron chi connectivity index (χ2n) is 12.7. The summed E-state index contributed by atoms with van der Waals surface area (Å²) in [6, 6.07) is 23.4. The van der Waals surface area contributed by atoms with Crippen LogP contribution in [0.15, 0.2) is 82.0 Å². The van der Waals surface area contributed by atoms with E-state index in [0.717, 1.165) is 56.4 Å². The fourth-order valence-corrected chi connectivity index (χ4v) is 6.86. The number of hydrogen-bond donors (Lipinski definition) is 3. The number of aromatic amines is 1. The van der Waals surface area contributed by atoms with E-state index in [0.29, 0.717) is 35.0 Å². The summed E-state index contributed by atoms with van der Waals surface area (Å²) >= 11 is 0. The summed E-state index contributed by atoms with van der Waals surface area (Å²) in [5, 5.41) is 5.60. The molecule has 1 atom stereocenters. The lowest BCUT2D eigenvalue weighted by Gasteiger charge is -2.18. The van der Waals surface area contributed by atoms with Crippen LogP contribution in [0, 0.1) is 0 Å². The lowest BCUT2D eigenvalue weighted by molar-refractivity contribution is -0.115. The molecule has 240 valence electrons. The fourth-order valence-electron chi connectivity index (χ4n) is 6.86. The van der Waals surface area contributed by atoms with E-state index in [2.05, 4.69) is 51.6 Å². The van der Waals surface area contributed by atoms with Crippen LogP contribution in [0.1, 0.15) is 65.7 Å². The lowest BCUT2D eigenvalue weighted by Crippen LogP contribution is -2.17. The first-order chi connectivity index (χ1) is 23.2. The molecule has 0 aliphatic carbocycles. The first kappa shape index (κ1) is 29.4. The van der Waals surface area contributed by atoms with Crippen LogP contribution in [-0.2, 0) is 17.6 Å². The Balaban J connectivity index is 1.28.